The predicted octanol–water partition coefficient (Wildman–Crippen LogP) is 2.81. The Kier molecular flexibility index (Phi) is 8.00. The number of hydrogen-bond acceptors (Lipinski definition) is 2. The molecule has 0 aliphatic carbocycles. The van der Waals surface area contributed by atoms with Gasteiger partial charge in [0, 0.05) is 13.5 Å². The second-order valence-electron chi connectivity index (χ2n) is 3.78. The van der Waals surface area contributed by atoms with E-state index in [1.807, 2.05) is 0 Å². The van der Waals surface area contributed by atoms with E-state index in [1.165, 1.54) is 25.7 Å². The van der Waals surface area contributed by atoms with Crippen LogP contribution in [0.3, 0.4) is 0 Å². The monoisotopic (exact) mass is 186 g/mol. The van der Waals surface area contributed by atoms with E-state index in [1.54, 1.807) is 7.11 Å². The number of methoxy groups -OCH3 is 1. The van der Waals surface area contributed by atoms with Gasteiger partial charge in [-0.3, -0.25) is 4.79 Å². The summed E-state index contributed by atoms with van der Waals surface area (Å²) in [6.45, 7) is 4.61. The molecule has 0 bridgehead atoms. The SMILES string of the molecule is CCCCCC(C)CC(=O)COC. The topological polar surface area (TPSA) is 26.3 Å². The molecule has 0 aliphatic rings. The Labute approximate surface area is 81.7 Å². The highest BCUT2D eigenvalue weighted by molar-refractivity contribution is 5.79. The van der Waals surface area contributed by atoms with Crippen LogP contribution in [0.1, 0.15) is 46.0 Å². The van der Waals surface area contributed by atoms with Crippen molar-refractivity contribution in [2.45, 2.75) is 46.0 Å². The van der Waals surface area contributed by atoms with Crippen molar-refractivity contribution in [1.82, 2.24) is 0 Å². The third-order valence-electron chi connectivity index (χ3n) is 2.18. The lowest BCUT2D eigenvalue weighted by atomic mass is 9.98. The van der Waals surface area contributed by atoms with Crippen molar-refractivity contribution < 1.29 is 9.53 Å². The second-order valence-corrected chi connectivity index (χ2v) is 3.78. The Morgan fingerprint density at radius 2 is 2.08 bits per heavy atom. The minimum absolute atomic E-state index is 0.228. The quantitative estimate of drug-likeness (QED) is 0.545. The largest absolute Gasteiger partial charge is 0.377 e. The highest BCUT2D eigenvalue weighted by Gasteiger charge is 2.07. The molecule has 1 atom stereocenters. The molecule has 1 unspecified atom stereocenters. The first-order valence-electron chi connectivity index (χ1n) is 5.21. The van der Waals surface area contributed by atoms with Crippen LogP contribution in [0, 0.1) is 5.92 Å². The summed E-state index contributed by atoms with van der Waals surface area (Å²) < 4.78 is 4.78. The first-order chi connectivity index (χ1) is 6.20. The molecule has 0 heterocycles. The molecule has 0 aromatic carbocycles. The van der Waals surface area contributed by atoms with Crippen molar-refractivity contribution in [1.29, 1.82) is 0 Å². The molecular weight excluding hydrogens is 164 g/mol. The van der Waals surface area contributed by atoms with Gasteiger partial charge in [-0.15, -0.1) is 0 Å². The Morgan fingerprint density at radius 1 is 1.38 bits per heavy atom. The number of rotatable bonds is 8. The zero-order valence-electron chi connectivity index (χ0n) is 9.14. The molecule has 13 heavy (non-hydrogen) atoms. The number of carbonyl (C=O) groups is 1. The van der Waals surface area contributed by atoms with E-state index in [2.05, 4.69) is 13.8 Å². The Balaban J connectivity index is 3.38. The molecule has 0 N–H and O–H groups in total. The van der Waals surface area contributed by atoms with Gasteiger partial charge in [0.15, 0.2) is 5.78 Å². The zero-order valence-corrected chi connectivity index (χ0v) is 9.14. The molecule has 0 fully saturated rings. The summed E-state index contributed by atoms with van der Waals surface area (Å²) in [5, 5.41) is 0. The van der Waals surface area contributed by atoms with Gasteiger partial charge in [0.25, 0.3) is 0 Å². The number of ether oxygens (including phenoxy) is 1. The third-order valence-corrected chi connectivity index (χ3v) is 2.18. The molecule has 0 radical (unpaired) electrons. The van der Waals surface area contributed by atoms with Crippen LogP contribution in [0.5, 0.6) is 0 Å². The summed E-state index contributed by atoms with van der Waals surface area (Å²) in [6.07, 6.45) is 5.63. The van der Waals surface area contributed by atoms with Gasteiger partial charge in [0.05, 0.1) is 0 Å². The molecule has 78 valence electrons. The molecule has 0 aromatic rings. The maximum atomic E-state index is 11.2. The van der Waals surface area contributed by atoms with Gasteiger partial charge in [-0.1, -0.05) is 39.5 Å². The van der Waals surface area contributed by atoms with Gasteiger partial charge in [-0.05, 0) is 5.92 Å². The summed E-state index contributed by atoms with van der Waals surface area (Å²) in [5.74, 6) is 0.751. The molecule has 2 nitrogen and oxygen atoms in total. The van der Waals surface area contributed by atoms with E-state index in [9.17, 15) is 4.79 Å². The molecule has 0 amide bonds. The van der Waals surface area contributed by atoms with E-state index >= 15 is 0 Å². The zero-order chi connectivity index (χ0) is 10.1. The molecule has 0 spiro atoms. The van der Waals surface area contributed by atoms with Gasteiger partial charge in [-0.25, -0.2) is 0 Å². The van der Waals surface area contributed by atoms with Gasteiger partial charge in [-0.2, -0.15) is 0 Å². The molecule has 0 saturated heterocycles. The smallest absolute Gasteiger partial charge is 0.158 e. The number of unbranched alkanes of at least 4 members (excludes halogenated alkanes) is 2. The van der Waals surface area contributed by atoms with Crippen molar-refractivity contribution >= 4 is 5.78 Å². The minimum Gasteiger partial charge on any atom is -0.377 e. The van der Waals surface area contributed by atoms with Gasteiger partial charge in [0.1, 0.15) is 6.61 Å². The first-order valence-corrected chi connectivity index (χ1v) is 5.21. The van der Waals surface area contributed by atoms with Gasteiger partial charge in [0.2, 0.25) is 0 Å². The van der Waals surface area contributed by atoms with Crippen LogP contribution in [-0.4, -0.2) is 19.5 Å². The number of Topliss-reactive ketones (excluding diaryl/α,β-unsaturated/α-hetero) is 1. The van der Waals surface area contributed by atoms with Crippen molar-refractivity contribution in [3.05, 3.63) is 0 Å². The molecule has 0 aliphatic heterocycles. The Hall–Kier alpha value is -0.370. The molecule has 0 rings (SSSR count). The summed E-state index contributed by atoms with van der Waals surface area (Å²) in [4.78, 5) is 11.2. The third kappa shape index (κ3) is 7.97. The fourth-order valence-electron chi connectivity index (χ4n) is 1.45. The molecular formula is C11H22O2. The normalized spacial score (nSPS) is 12.8. The highest BCUT2D eigenvalue weighted by Crippen LogP contribution is 2.13. The molecule has 0 saturated carbocycles. The molecule has 0 aromatic heterocycles. The van der Waals surface area contributed by atoms with Crippen LogP contribution >= 0.6 is 0 Å². The van der Waals surface area contributed by atoms with Crippen LogP contribution in [0.25, 0.3) is 0 Å². The van der Waals surface area contributed by atoms with Crippen LogP contribution in [0.4, 0.5) is 0 Å². The first kappa shape index (κ1) is 12.6. The second kappa shape index (κ2) is 8.24. The van der Waals surface area contributed by atoms with E-state index in [-0.39, 0.29) is 12.4 Å². The standard InChI is InChI=1S/C11H22O2/c1-4-5-6-7-10(2)8-11(12)9-13-3/h10H,4-9H2,1-3H3. The fourth-order valence-corrected chi connectivity index (χ4v) is 1.45. The van der Waals surface area contributed by atoms with Crippen LogP contribution in [-0.2, 0) is 9.53 Å². The van der Waals surface area contributed by atoms with E-state index < -0.39 is 0 Å². The highest BCUT2D eigenvalue weighted by atomic mass is 16.5. The average Bonchev–Trinajstić information content (AvgIpc) is 2.05. The van der Waals surface area contributed by atoms with Crippen molar-refractivity contribution in [3.63, 3.8) is 0 Å². The Morgan fingerprint density at radius 3 is 2.62 bits per heavy atom. The van der Waals surface area contributed by atoms with Crippen LogP contribution in [0.15, 0.2) is 0 Å². The lowest BCUT2D eigenvalue weighted by Crippen LogP contribution is -2.11. The van der Waals surface area contributed by atoms with Crippen molar-refractivity contribution in [3.8, 4) is 0 Å². The fraction of sp³-hybridized carbons (Fsp3) is 0.909. The number of carbonyl (C=O) groups excluding carboxylic acids is 1. The number of hydrogen-bond donors (Lipinski definition) is 0. The summed E-state index contributed by atoms with van der Waals surface area (Å²) in [5.41, 5.74) is 0. The van der Waals surface area contributed by atoms with E-state index in [0.29, 0.717) is 12.3 Å². The maximum absolute atomic E-state index is 11.2. The van der Waals surface area contributed by atoms with Crippen molar-refractivity contribution in [2.75, 3.05) is 13.7 Å². The number of ketones is 1. The lowest BCUT2D eigenvalue weighted by Gasteiger charge is -2.09. The average molecular weight is 186 g/mol. The lowest BCUT2D eigenvalue weighted by molar-refractivity contribution is -0.123. The minimum atomic E-state index is 0.228. The van der Waals surface area contributed by atoms with Crippen LogP contribution < -0.4 is 0 Å². The summed E-state index contributed by atoms with van der Waals surface area (Å²) in [6, 6.07) is 0. The summed E-state index contributed by atoms with van der Waals surface area (Å²) in [7, 11) is 1.57. The van der Waals surface area contributed by atoms with E-state index in [4.69, 9.17) is 4.74 Å². The predicted molar refractivity (Wildman–Crippen MR) is 54.8 cm³/mol. The summed E-state index contributed by atoms with van der Waals surface area (Å²) >= 11 is 0. The van der Waals surface area contributed by atoms with Crippen molar-refractivity contribution in [2.24, 2.45) is 5.92 Å². The van der Waals surface area contributed by atoms with Crippen LogP contribution in [0.2, 0.25) is 0 Å². The van der Waals surface area contributed by atoms with Gasteiger partial charge < -0.3 is 4.74 Å². The van der Waals surface area contributed by atoms with Gasteiger partial charge >= 0.3 is 0 Å². The Bertz CT molecular complexity index is 132. The van der Waals surface area contributed by atoms with E-state index in [0.717, 1.165) is 0 Å². The molecule has 2 heteroatoms. The maximum Gasteiger partial charge on any atom is 0.158 e.